The second-order valence-electron chi connectivity index (χ2n) is 4.89. The zero-order valence-corrected chi connectivity index (χ0v) is 13.7. The number of benzene rings is 1. The van der Waals surface area contributed by atoms with Crippen molar-refractivity contribution in [2.24, 2.45) is 5.10 Å². The lowest BCUT2D eigenvalue weighted by Gasteiger charge is -2.06. The van der Waals surface area contributed by atoms with E-state index in [1.165, 1.54) is 30.3 Å². The first-order chi connectivity index (χ1) is 11.4. The van der Waals surface area contributed by atoms with Crippen LogP contribution in [-0.4, -0.2) is 22.4 Å². The van der Waals surface area contributed by atoms with Crippen molar-refractivity contribution in [2.75, 3.05) is 5.32 Å². The predicted molar refractivity (Wildman–Crippen MR) is 91.6 cm³/mol. The third kappa shape index (κ3) is 4.02. The molecule has 0 spiro atoms. The van der Waals surface area contributed by atoms with Crippen LogP contribution < -0.4 is 10.7 Å². The minimum Gasteiger partial charge on any atom is -0.313 e. The molecular weight excluding hydrogens is 332 g/mol. The molecule has 2 aromatic rings. The van der Waals surface area contributed by atoms with E-state index in [1.807, 2.05) is 0 Å². The average molecular weight is 346 g/mol. The molecule has 1 aromatic carbocycles. The van der Waals surface area contributed by atoms with Crippen LogP contribution in [0.5, 0.6) is 0 Å². The van der Waals surface area contributed by atoms with Gasteiger partial charge in [0.15, 0.2) is 0 Å². The van der Waals surface area contributed by atoms with Crippen molar-refractivity contribution in [1.82, 2.24) is 5.43 Å². The number of hydrogen-bond acceptors (Lipinski definition) is 6. The Morgan fingerprint density at radius 1 is 1.12 bits per heavy atom. The van der Waals surface area contributed by atoms with Crippen LogP contribution >= 0.6 is 11.3 Å². The first-order valence-corrected chi connectivity index (χ1v) is 7.71. The second kappa shape index (κ2) is 7.47. The number of thiophene rings is 1. The molecule has 1 aromatic heterocycles. The predicted octanol–water partition coefficient (Wildman–Crippen LogP) is 3.03. The number of nitrogens with zero attached hydrogens (tertiary/aromatic N) is 2. The van der Waals surface area contributed by atoms with Gasteiger partial charge in [-0.1, -0.05) is 12.1 Å². The van der Waals surface area contributed by atoms with Gasteiger partial charge in [-0.2, -0.15) is 5.10 Å². The Morgan fingerprint density at radius 3 is 2.50 bits per heavy atom. The fraction of sp³-hybridized carbons (Fsp3) is 0.133. The van der Waals surface area contributed by atoms with Gasteiger partial charge in [-0.05, 0) is 31.4 Å². The molecule has 0 aliphatic heterocycles. The number of amides is 2. The van der Waals surface area contributed by atoms with Crippen molar-refractivity contribution < 1.29 is 14.5 Å². The number of para-hydroxylation sites is 1. The minimum atomic E-state index is -0.658. The summed E-state index contributed by atoms with van der Waals surface area (Å²) in [5.74, 6) is -1.13. The first-order valence-electron chi connectivity index (χ1n) is 6.83. The lowest BCUT2D eigenvalue weighted by atomic mass is 10.1. The van der Waals surface area contributed by atoms with Crippen LogP contribution in [0.3, 0.4) is 0 Å². The molecule has 0 radical (unpaired) electrons. The Hall–Kier alpha value is -3.07. The summed E-state index contributed by atoms with van der Waals surface area (Å²) >= 11 is 1.14. The van der Waals surface area contributed by atoms with E-state index in [1.54, 1.807) is 19.2 Å². The maximum Gasteiger partial charge on any atom is 0.282 e. The van der Waals surface area contributed by atoms with Crippen molar-refractivity contribution in [2.45, 2.75) is 13.8 Å². The van der Waals surface area contributed by atoms with Crippen LogP contribution in [0.2, 0.25) is 0 Å². The van der Waals surface area contributed by atoms with Gasteiger partial charge in [-0.25, -0.2) is 5.43 Å². The number of carbonyl (C=O) groups is 2. The smallest absolute Gasteiger partial charge is 0.282 e. The van der Waals surface area contributed by atoms with Crippen LogP contribution in [0.4, 0.5) is 10.7 Å². The van der Waals surface area contributed by atoms with Crippen molar-refractivity contribution in [3.05, 3.63) is 57.0 Å². The van der Waals surface area contributed by atoms with Gasteiger partial charge in [-0.3, -0.25) is 19.7 Å². The molecule has 0 fully saturated rings. The Bertz CT molecular complexity index is 824. The van der Waals surface area contributed by atoms with Crippen LogP contribution in [0.15, 0.2) is 40.8 Å². The molecule has 0 atom stereocenters. The van der Waals surface area contributed by atoms with Gasteiger partial charge in [0.2, 0.25) is 0 Å². The summed E-state index contributed by atoms with van der Waals surface area (Å²) < 4.78 is 0. The molecule has 8 nitrogen and oxygen atoms in total. The molecule has 0 saturated carbocycles. The Balaban J connectivity index is 2.23. The fourth-order valence-corrected chi connectivity index (χ4v) is 2.58. The molecule has 0 bridgehead atoms. The van der Waals surface area contributed by atoms with E-state index in [4.69, 9.17) is 0 Å². The van der Waals surface area contributed by atoms with E-state index in [-0.39, 0.29) is 16.8 Å². The highest BCUT2D eigenvalue weighted by Crippen LogP contribution is 2.25. The highest BCUT2D eigenvalue weighted by atomic mass is 32.1. The summed E-state index contributed by atoms with van der Waals surface area (Å²) in [6.45, 7) is 3.45. The first kappa shape index (κ1) is 17.3. The number of hydrogen-bond donors (Lipinski definition) is 2. The highest BCUT2D eigenvalue weighted by molar-refractivity contribution is 7.14. The molecule has 1 heterocycles. The Morgan fingerprint density at radius 2 is 1.83 bits per heavy atom. The normalized spacial score (nSPS) is 9.92. The van der Waals surface area contributed by atoms with Gasteiger partial charge in [0.05, 0.1) is 10.5 Å². The second-order valence-corrected chi connectivity index (χ2v) is 5.81. The van der Waals surface area contributed by atoms with Gasteiger partial charge in [0.1, 0.15) is 10.6 Å². The third-order valence-corrected chi connectivity index (χ3v) is 3.69. The minimum absolute atomic E-state index is 0.0790. The summed E-state index contributed by atoms with van der Waals surface area (Å²) in [6.07, 6.45) is 0. The number of nitrogens with one attached hydrogen (secondary N) is 2. The van der Waals surface area contributed by atoms with E-state index in [0.29, 0.717) is 10.7 Å². The number of rotatable bonds is 5. The number of nitro groups is 1. The maximum atomic E-state index is 12.3. The third-order valence-electron chi connectivity index (χ3n) is 2.86. The topological polar surface area (TPSA) is 114 Å². The van der Waals surface area contributed by atoms with Crippen molar-refractivity contribution in [3.63, 3.8) is 0 Å². The van der Waals surface area contributed by atoms with E-state index >= 15 is 0 Å². The van der Waals surface area contributed by atoms with Gasteiger partial charge >= 0.3 is 0 Å². The van der Waals surface area contributed by atoms with E-state index in [0.717, 1.165) is 11.3 Å². The monoisotopic (exact) mass is 346 g/mol. The number of anilines is 1. The van der Waals surface area contributed by atoms with Gasteiger partial charge in [0, 0.05) is 11.8 Å². The number of carbonyl (C=O) groups excluding carboxylic acids is 2. The number of nitro benzene ring substituents is 1. The lowest BCUT2D eigenvalue weighted by Crippen LogP contribution is -2.21. The van der Waals surface area contributed by atoms with Gasteiger partial charge in [0.25, 0.3) is 17.5 Å². The molecule has 124 valence electrons. The molecule has 0 saturated heterocycles. The maximum absolute atomic E-state index is 12.3. The molecule has 2 amide bonds. The highest BCUT2D eigenvalue weighted by Gasteiger charge is 2.21. The summed E-state index contributed by atoms with van der Waals surface area (Å²) in [7, 11) is 0. The molecule has 24 heavy (non-hydrogen) atoms. The molecule has 0 aliphatic carbocycles. The SMILES string of the molecule is CC(C)=NNC(=O)c1ccsc1NC(=O)c1ccccc1[N+](=O)[O-]. The van der Waals surface area contributed by atoms with Crippen molar-refractivity contribution >= 4 is 39.6 Å². The molecular formula is C15H14N4O4S. The summed E-state index contributed by atoms with van der Waals surface area (Å²) in [5.41, 5.74) is 2.89. The van der Waals surface area contributed by atoms with Gasteiger partial charge in [-0.15, -0.1) is 11.3 Å². The summed E-state index contributed by atoms with van der Waals surface area (Å²) in [5, 5.41) is 19.3. The Kier molecular flexibility index (Phi) is 5.38. The quantitative estimate of drug-likeness (QED) is 0.492. The number of hydrazone groups is 1. The standard InChI is InChI=1S/C15H14N4O4S/c1-9(2)17-18-14(21)11-7-8-24-15(11)16-13(20)10-5-3-4-6-12(10)19(22)23/h3-8H,1-2H3,(H,16,20)(H,18,21). The molecule has 0 aliphatic rings. The zero-order chi connectivity index (χ0) is 17.7. The van der Waals surface area contributed by atoms with E-state index in [2.05, 4.69) is 15.8 Å². The lowest BCUT2D eigenvalue weighted by molar-refractivity contribution is -0.385. The van der Waals surface area contributed by atoms with E-state index < -0.39 is 16.7 Å². The summed E-state index contributed by atoms with van der Waals surface area (Å²) in [6, 6.07) is 7.14. The zero-order valence-electron chi connectivity index (χ0n) is 12.9. The van der Waals surface area contributed by atoms with Crippen LogP contribution in [0.1, 0.15) is 34.6 Å². The van der Waals surface area contributed by atoms with Crippen molar-refractivity contribution in [1.29, 1.82) is 0 Å². The molecule has 9 heteroatoms. The van der Waals surface area contributed by atoms with E-state index in [9.17, 15) is 19.7 Å². The molecule has 2 N–H and O–H groups in total. The summed E-state index contributed by atoms with van der Waals surface area (Å²) in [4.78, 5) is 34.7. The van der Waals surface area contributed by atoms with Crippen LogP contribution in [0.25, 0.3) is 0 Å². The molecule has 0 unspecified atom stereocenters. The van der Waals surface area contributed by atoms with Crippen molar-refractivity contribution in [3.8, 4) is 0 Å². The van der Waals surface area contributed by atoms with Gasteiger partial charge < -0.3 is 5.32 Å². The van der Waals surface area contributed by atoms with Crippen LogP contribution in [-0.2, 0) is 0 Å². The van der Waals surface area contributed by atoms with Crippen LogP contribution in [0, 0.1) is 10.1 Å². The largest absolute Gasteiger partial charge is 0.313 e. The molecule has 2 rings (SSSR count). The Labute approximate surface area is 141 Å². The fourth-order valence-electron chi connectivity index (χ4n) is 1.80. The average Bonchev–Trinajstić information content (AvgIpc) is 3.00.